The van der Waals surface area contributed by atoms with Gasteiger partial charge in [-0.3, -0.25) is 4.79 Å². The summed E-state index contributed by atoms with van der Waals surface area (Å²) >= 11 is 0. The minimum absolute atomic E-state index is 0.143. The molecule has 120 valence electrons. The van der Waals surface area contributed by atoms with Crippen LogP contribution in [0.3, 0.4) is 0 Å². The molecule has 1 aliphatic rings. The Hall–Kier alpha value is -2.29. The molecule has 1 saturated carbocycles. The minimum atomic E-state index is -0.143. The number of nitrogens with one attached hydrogen (secondary N) is 1. The van der Waals surface area contributed by atoms with Crippen molar-refractivity contribution in [1.82, 2.24) is 0 Å². The van der Waals surface area contributed by atoms with E-state index in [4.69, 9.17) is 4.42 Å². The van der Waals surface area contributed by atoms with Gasteiger partial charge in [0.1, 0.15) is 11.5 Å². The topological polar surface area (TPSA) is 42.2 Å². The number of amides is 1. The third-order valence-electron chi connectivity index (χ3n) is 4.36. The average Bonchev–Trinajstić information content (AvgIpc) is 3.07. The van der Waals surface area contributed by atoms with Gasteiger partial charge in [-0.1, -0.05) is 39.0 Å². The van der Waals surface area contributed by atoms with Crippen LogP contribution >= 0.6 is 0 Å². The van der Waals surface area contributed by atoms with Crippen LogP contribution in [0.5, 0.6) is 0 Å². The van der Waals surface area contributed by atoms with Gasteiger partial charge in [-0.05, 0) is 48.1 Å². The maximum absolute atomic E-state index is 12.1. The molecule has 3 rings (SSSR count). The first-order valence-corrected chi connectivity index (χ1v) is 8.22. The standard InChI is InChI=1S/C20H23NO2/c1-13(2)16-6-4-5-7-18(16)21-20(22)11-9-15-8-10-19(23-15)17-12-14(17)3/h4-11,13-14,17H,12H2,1-3H3,(H,21,22)/b11-9+. The third kappa shape index (κ3) is 3.73. The Bertz CT molecular complexity index is 727. The van der Waals surface area contributed by atoms with Crippen molar-refractivity contribution >= 4 is 17.7 Å². The number of carbonyl (C=O) groups is 1. The molecule has 3 heteroatoms. The zero-order valence-electron chi connectivity index (χ0n) is 13.9. The number of para-hydroxylation sites is 1. The van der Waals surface area contributed by atoms with E-state index in [-0.39, 0.29) is 5.91 Å². The summed E-state index contributed by atoms with van der Waals surface area (Å²) in [7, 11) is 0. The Balaban J connectivity index is 1.64. The lowest BCUT2D eigenvalue weighted by atomic mass is 10.0. The predicted molar refractivity (Wildman–Crippen MR) is 93.4 cm³/mol. The second-order valence-corrected chi connectivity index (χ2v) is 6.62. The van der Waals surface area contributed by atoms with Crippen molar-refractivity contribution in [1.29, 1.82) is 0 Å². The molecule has 2 atom stereocenters. The lowest BCUT2D eigenvalue weighted by Crippen LogP contribution is -2.10. The maximum atomic E-state index is 12.1. The molecular formula is C20H23NO2. The Morgan fingerprint density at radius 2 is 2.00 bits per heavy atom. The zero-order chi connectivity index (χ0) is 16.4. The molecule has 0 radical (unpaired) electrons. The first-order chi connectivity index (χ1) is 11.0. The summed E-state index contributed by atoms with van der Waals surface area (Å²) in [5.41, 5.74) is 2.00. The highest BCUT2D eigenvalue weighted by Gasteiger charge is 2.36. The molecular weight excluding hydrogens is 286 g/mol. The van der Waals surface area contributed by atoms with Crippen molar-refractivity contribution < 1.29 is 9.21 Å². The van der Waals surface area contributed by atoms with Crippen LogP contribution in [0.15, 0.2) is 46.9 Å². The number of anilines is 1. The molecule has 3 nitrogen and oxygen atoms in total. The van der Waals surface area contributed by atoms with Crippen molar-refractivity contribution in [3.05, 3.63) is 59.6 Å². The van der Waals surface area contributed by atoms with E-state index in [9.17, 15) is 4.79 Å². The summed E-state index contributed by atoms with van der Waals surface area (Å²) in [6.45, 7) is 6.45. The smallest absolute Gasteiger partial charge is 0.248 e. The summed E-state index contributed by atoms with van der Waals surface area (Å²) in [6.07, 6.45) is 4.45. The van der Waals surface area contributed by atoms with Gasteiger partial charge in [0.15, 0.2) is 0 Å². The summed E-state index contributed by atoms with van der Waals surface area (Å²) in [6, 6.07) is 11.8. The Morgan fingerprint density at radius 1 is 1.26 bits per heavy atom. The van der Waals surface area contributed by atoms with Crippen molar-refractivity contribution in [2.45, 2.75) is 39.0 Å². The van der Waals surface area contributed by atoms with Gasteiger partial charge in [-0.2, -0.15) is 0 Å². The molecule has 0 bridgehead atoms. The molecule has 23 heavy (non-hydrogen) atoms. The van der Waals surface area contributed by atoms with Gasteiger partial charge in [0, 0.05) is 17.7 Å². The van der Waals surface area contributed by atoms with Gasteiger partial charge < -0.3 is 9.73 Å². The minimum Gasteiger partial charge on any atom is -0.461 e. The molecule has 1 aromatic heterocycles. The highest BCUT2D eigenvalue weighted by Crippen LogP contribution is 2.47. The number of benzene rings is 1. The van der Waals surface area contributed by atoms with E-state index >= 15 is 0 Å². The average molecular weight is 309 g/mol. The van der Waals surface area contributed by atoms with Gasteiger partial charge in [-0.25, -0.2) is 0 Å². The van der Waals surface area contributed by atoms with E-state index in [0.29, 0.717) is 17.8 Å². The lowest BCUT2D eigenvalue weighted by molar-refractivity contribution is -0.111. The summed E-state index contributed by atoms with van der Waals surface area (Å²) in [4.78, 5) is 12.1. The number of hydrogen-bond acceptors (Lipinski definition) is 2. The molecule has 0 aliphatic heterocycles. The fraction of sp³-hybridized carbons (Fsp3) is 0.350. The van der Waals surface area contributed by atoms with Crippen molar-refractivity contribution in [2.24, 2.45) is 5.92 Å². The molecule has 1 N–H and O–H groups in total. The van der Waals surface area contributed by atoms with Crippen LogP contribution in [0, 0.1) is 5.92 Å². The molecule has 0 saturated heterocycles. The Morgan fingerprint density at radius 3 is 2.70 bits per heavy atom. The molecule has 1 fully saturated rings. The van der Waals surface area contributed by atoms with Crippen LogP contribution in [0.1, 0.15) is 56.1 Å². The number of hydrogen-bond donors (Lipinski definition) is 1. The molecule has 1 heterocycles. The second kappa shape index (κ2) is 6.45. The third-order valence-corrected chi connectivity index (χ3v) is 4.36. The van der Waals surface area contributed by atoms with E-state index in [1.807, 2.05) is 36.4 Å². The van der Waals surface area contributed by atoms with E-state index in [1.54, 1.807) is 6.08 Å². The van der Waals surface area contributed by atoms with Crippen molar-refractivity contribution in [3.63, 3.8) is 0 Å². The van der Waals surface area contributed by atoms with Gasteiger partial charge in [-0.15, -0.1) is 0 Å². The first kappa shape index (κ1) is 15.6. The van der Waals surface area contributed by atoms with Crippen LogP contribution in [0.25, 0.3) is 6.08 Å². The highest BCUT2D eigenvalue weighted by molar-refractivity contribution is 6.02. The largest absolute Gasteiger partial charge is 0.461 e. The van der Waals surface area contributed by atoms with Crippen LogP contribution in [0.4, 0.5) is 5.69 Å². The number of rotatable bonds is 5. The molecule has 2 aromatic rings. The fourth-order valence-corrected chi connectivity index (χ4v) is 2.82. The molecule has 1 aliphatic carbocycles. The van der Waals surface area contributed by atoms with E-state index in [2.05, 4.69) is 26.1 Å². The number of carbonyl (C=O) groups excluding carboxylic acids is 1. The monoisotopic (exact) mass is 309 g/mol. The normalized spacial score (nSPS) is 20.2. The highest BCUT2D eigenvalue weighted by atomic mass is 16.3. The molecule has 1 amide bonds. The fourth-order valence-electron chi connectivity index (χ4n) is 2.82. The van der Waals surface area contributed by atoms with E-state index < -0.39 is 0 Å². The lowest BCUT2D eigenvalue weighted by Gasteiger charge is -2.12. The van der Waals surface area contributed by atoms with E-state index in [0.717, 1.165) is 22.8 Å². The van der Waals surface area contributed by atoms with Crippen molar-refractivity contribution in [3.8, 4) is 0 Å². The zero-order valence-corrected chi connectivity index (χ0v) is 13.9. The molecule has 1 aromatic carbocycles. The van der Waals surface area contributed by atoms with Gasteiger partial charge >= 0.3 is 0 Å². The van der Waals surface area contributed by atoms with Crippen LogP contribution < -0.4 is 5.32 Å². The summed E-state index contributed by atoms with van der Waals surface area (Å²) in [5.74, 6) is 3.26. The molecule has 0 spiro atoms. The maximum Gasteiger partial charge on any atom is 0.248 e. The molecule has 2 unspecified atom stereocenters. The first-order valence-electron chi connectivity index (χ1n) is 8.22. The summed E-state index contributed by atoms with van der Waals surface area (Å²) < 4.78 is 5.77. The number of furan rings is 1. The van der Waals surface area contributed by atoms with Crippen LogP contribution in [-0.2, 0) is 4.79 Å². The van der Waals surface area contributed by atoms with Crippen LogP contribution in [-0.4, -0.2) is 5.91 Å². The van der Waals surface area contributed by atoms with Gasteiger partial charge in [0.2, 0.25) is 5.91 Å². The quantitative estimate of drug-likeness (QED) is 0.773. The van der Waals surface area contributed by atoms with Crippen molar-refractivity contribution in [2.75, 3.05) is 5.32 Å². The van der Waals surface area contributed by atoms with Gasteiger partial charge in [0.25, 0.3) is 0 Å². The van der Waals surface area contributed by atoms with E-state index in [1.165, 1.54) is 12.5 Å². The Labute approximate surface area is 137 Å². The SMILES string of the molecule is CC(C)c1ccccc1NC(=O)/C=C/c1ccc(C2CC2C)o1. The van der Waals surface area contributed by atoms with Crippen LogP contribution in [0.2, 0.25) is 0 Å². The predicted octanol–water partition coefficient (Wildman–Crippen LogP) is 5.18. The summed E-state index contributed by atoms with van der Waals surface area (Å²) in [5, 5.41) is 2.94. The van der Waals surface area contributed by atoms with Gasteiger partial charge in [0.05, 0.1) is 0 Å². The second-order valence-electron chi connectivity index (χ2n) is 6.62. The Kier molecular flexibility index (Phi) is 4.37.